The zero-order chi connectivity index (χ0) is 21.6. The molecule has 5 nitrogen and oxygen atoms in total. The molecule has 5 heteroatoms. The van der Waals surface area contributed by atoms with E-state index in [1.165, 1.54) is 0 Å². The lowest BCUT2D eigenvalue weighted by molar-refractivity contribution is -0.882. The Balaban J connectivity index is 1.83. The van der Waals surface area contributed by atoms with Crippen LogP contribution >= 0.6 is 0 Å². The number of carbonyl (C=O) groups is 2. The molecule has 2 amide bonds. The van der Waals surface area contributed by atoms with Gasteiger partial charge in [0.15, 0.2) is 6.54 Å². The van der Waals surface area contributed by atoms with Crippen molar-refractivity contribution < 1.29 is 14.1 Å². The molecule has 2 aromatic carbocycles. The first-order chi connectivity index (χ1) is 13.6. The van der Waals surface area contributed by atoms with Crippen LogP contribution in [0, 0.1) is 27.7 Å². The van der Waals surface area contributed by atoms with Crippen LogP contribution in [0.25, 0.3) is 0 Å². The smallest absolute Gasteiger partial charge is 0.279 e. The van der Waals surface area contributed by atoms with Gasteiger partial charge in [-0.2, -0.15) is 0 Å². The first-order valence-corrected chi connectivity index (χ1v) is 10.1. The number of nitrogens with zero attached hydrogens (tertiary/aromatic N) is 1. The lowest BCUT2D eigenvalue weighted by Gasteiger charge is -2.29. The van der Waals surface area contributed by atoms with Gasteiger partial charge in [0.1, 0.15) is 0 Å². The van der Waals surface area contributed by atoms with Crippen LogP contribution in [0.4, 0.5) is 11.4 Å². The summed E-state index contributed by atoms with van der Waals surface area (Å²) in [5, 5.41) is 6.07. The molecule has 0 radical (unpaired) electrons. The number of rotatable bonds is 8. The molecule has 156 valence electrons. The number of para-hydroxylation sites is 2. The van der Waals surface area contributed by atoms with Crippen molar-refractivity contribution in [3.8, 4) is 0 Å². The Labute approximate surface area is 174 Å². The minimum Gasteiger partial charge on any atom is -0.326 e. The third kappa shape index (κ3) is 6.71. The van der Waals surface area contributed by atoms with Gasteiger partial charge in [0.2, 0.25) is 5.91 Å². The second kappa shape index (κ2) is 9.70. The van der Waals surface area contributed by atoms with E-state index in [1.54, 1.807) is 0 Å². The summed E-state index contributed by atoms with van der Waals surface area (Å²) in [6, 6.07) is 12.0. The average Bonchev–Trinajstić information content (AvgIpc) is 2.61. The molecule has 0 atom stereocenters. The van der Waals surface area contributed by atoms with Crippen LogP contribution in [0.2, 0.25) is 0 Å². The lowest BCUT2D eigenvalue weighted by atomic mass is 10.1. The highest BCUT2D eigenvalue weighted by atomic mass is 16.2. The number of likely N-dealkylation sites (N-methyl/N-ethyl adjacent to an activating group) is 1. The fourth-order valence-electron chi connectivity index (χ4n) is 3.54. The van der Waals surface area contributed by atoms with Crippen molar-refractivity contribution in [2.24, 2.45) is 0 Å². The molecule has 0 aliphatic carbocycles. The predicted molar refractivity (Wildman–Crippen MR) is 120 cm³/mol. The third-order valence-corrected chi connectivity index (χ3v) is 5.23. The highest BCUT2D eigenvalue weighted by molar-refractivity contribution is 5.93. The summed E-state index contributed by atoms with van der Waals surface area (Å²) in [6.07, 6.45) is 1.16. The average molecular weight is 397 g/mol. The van der Waals surface area contributed by atoms with Gasteiger partial charge in [-0.1, -0.05) is 36.4 Å². The van der Waals surface area contributed by atoms with Crippen LogP contribution in [0.3, 0.4) is 0 Å². The zero-order valence-corrected chi connectivity index (χ0v) is 18.6. The number of quaternary nitrogens is 1. The summed E-state index contributed by atoms with van der Waals surface area (Å²) in [6.45, 7) is 9.11. The fraction of sp³-hybridized carbons (Fsp3) is 0.417. The van der Waals surface area contributed by atoms with Gasteiger partial charge in [0.05, 0.1) is 20.6 Å². The largest absolute Gasteiger partial charge is 0.326 e. The third-order valence-electron chi connectivity index (χ3n) is 5.23. The monoisotopic (exact) mass is 396 g/mol. The zero-order valence-electron chi connectivity index (χ0n) is 18.6. The number of carbonyl (C=O) groups excluding carboxylic acids is 2. The number of aryl methyl sites for hydroxylation is 4. The molecular formula is C24H34N3O2+. The molecule has 0 unspecified atom stereocenters. The molecule has 0 aromatic heterocycles. The quantitative estimate of drug-likeness (QED) is 0.652. The molecule has 29 heavy (non-hydrogen) atoms. The number of benzene rings is 2. The Hall–Kier alpha value is -2.66. The van der Waals surface area contributed by atoms with E-state index in [2.05, 4.69) is 10.6 Å². The Morgan fingerprint density at radius 3 is 1.62 bits per heavy atom. The van der Waals surface area contributed by atoms with Crippen molar-refractivity contribution in [2.75, 3.05) is 37.8 Å². The van der Waals surface area contributed by atoms with Crippen molar-refractivity contribution in [1.82, 2.24) is 0 Å². The molecule has 2 N–H and O–H groups in total. The van der Waals surface area contributed by atoms with Gasteiger partial charge in [-0.25, -0.2) is 0 Å². The van der Waals surface area contributed by atoms with Gasteiger partial charge in [0, 0.05) is 24.2 Å². The normalized spacial score (nSPS) is 11.2. The predicted octanol–water partition coefficient (Wildman–Crippen LogP) is 4.35. The summed E-state index contributed by atoms with van der Waals surface area (Å²) >= 11 is 0. The topological polar surface area (TPSA) is 58.2 Å². The molecule has 0 heterocycles. The molecule has 0 bridgehead atoms. The van der Waals surface area contributed by atoms with Gasteiger partial charge < -0.3 is 15.1 Å². The van der Waals surface area contributed by atoms with Crippen LogP contribution in [0.1, 0.15) is 35.1 Å². The number of amides is 2. The minimum atomic E-state index is -0.00705. The Morgan fingerprint density at radius 1 is 0.759 bits per heavy atom. The lowest BCUT2D eigenvalue weighted by Crippen LogP contribution is -2.46. The highest BCUT2D eigenvalue weighted by Crippen LogP contribution is 2.21. The Kier molecular flexibility index (Phi) is 7.57. The van der Waals surface area contributed by atoms with Crippen LogP contribution in [-0.2, 0) is 9.59 Å². The Morgan fingerprint density at radius 2 is 1.17 bits per heavy atom. The molecular weight excluding hydrogens is 362 g/mol. The van der Waals surface area contributed by atoms with Crippen molar-refractivity contribution in [2.45, 2.75) is 40.5 Å². The highest BCUT2D eigenvalue weighted by Gasteiger charge is 2.21. The summed E-state index contributed by atoms with van der Waals surface area (Å²) in [4.78, 5) is 24.9. The van der Waals surface area contributed by atoms with E-state index < -0.39 is 0 Å². The van der Waals surface area contributed by atoms with Crippen LogP contribution in [-0.4, -0.2) is 43.5 Å². The van der Waals surface area contributed by atoms with Crippen molar-refractivity contribution in [1.29, 1.82) is 0 Å². The molecule has 0 fully saturated rings. The van der Waals surface area contributed by atoms with E-state index in [4.69, 9.17) is 0 Å². The summed E-state index contributed by atoms with van der Waals surface area (Å²) in [5.74, 6) is 0.00905. The molecule has 0 spiro atoms. The van der Waals surface area contributed by atoms with E-state index >= 15 is 0 Å². The first kappa shape index (κ1) is 22.6. The number of nitrogens with one attached hydrogen (secondary N) is 2. The number of anilines is 2. The van der Waals surface area contributed by atoms with Crippen LogP contribution in [0.5, 0.6) is 0 Å². The van der Waals surface area contributed by atoms with E-state index in [9.17, 15) is 9.59 Å². The molecule has 2 aromatic rings. The van der Waals surface area contributed by atoms with Gasteiger partial charge >= 0.3 is 0 Å². The van der Waals surface area contributed by atoms with E-state index in [1.807, 2.05) is 78.2 Å². The maximum Gasteiger partial charge on any atom is 0.279 e. The van der Waals surface area contributed by atoms with Gasteiger partial charge in [0.25, 0.3) is 5.91 Å². The summed E-state index contributed by atoms with van der Waals surface area (Å²) < 4.78 is 0.535. The summed E-state index contributed by atoms with van der Waals surface area (Å²) in [5.41, 5.74) is 6.05. The van der Waals surface area contributed by atoms with E-state index in [0.29, 0.717) is 17.4 Å². The van der Waals surface area contributed by atoms with Crippen molar-refractivity contribution in [3.63, 3.8) is 0 Å². The molecule has 0 saturated heterocycles. The van der Waals surface area contributed by atoms with Gasteiger partial charge in [-0.05, 0) is 49.9 Å². The number of hydrogen-bond acceptors (Lipinski definition) is 2. The molecule has 0 aliphatic heterocycles. The fourth-order valence-corrected chi connectivity index (χ4v) is 3.54. The number of hydrogen-bond donors (Lipinski definition) is 2. The van der Waals surface area contributed by atoms with Crippen LogP contribution in [0.15, 0.2) is 36.4 Å². The van der Waals surface area contributed by atoms with E-state index in [-0.39, 0.29) is 11.8 Å². The van der Waals surface area contributed by atoms with Crippen LogP contribution < -0.4 is 10.6 Å². The van der Waals surface area contributed by atoms with E-state index in [0.717, 1.165) is 46.6 Å². The van der Waals surface area contributed by atoms with Crippen molar-refractivity contribution >= 4 is 23.2 Å². The molecule has 0 saturated carbocycles. The second-order valence-corrected chi connectivity index (χ2v) is 8.55. The summed E-state index contributed by atoms with van der Waals surface area (Å²) in [7, 11) is 4.04. The standard InChI is InChI=1S/C24H33N3O2/c1-17-10-7-11-18(2)23(17)25-21(28)14-9-15-27(5,6)16-22(29)26-24-19(3)12-8-13-20(24)4/h7-8,10-13H,9,14-16H2,1-6H3,(H-,25,26,28,29)/p+1. The Bertz CT molecular complexity index is 847. The molecule has 0 aliphatic rings. The maximum atomic E-state index is 12.5. The minimum absolute atomic E-state index is 0.00705. The van der Waals surface area contributed by atoms with Crippen molar-refractivity contribution in [3.05, 3.63) is 58.7 Å². The SMILES string of the molecule is Cc1cccc(C)c1NC(=O)CCC[N+](C)(C)CC(=O)Nc1c(C)cccc1C. The second-order valence-electron chi connectivity index (χ2n) is 8.55. The first-order valence-electron chi connectivity index (χ1n) is 10.1. The van der Waals surface area contributed by atoms with Gasteiger partial charge in [-0.15, -0.1) is 0 Å². The van der Waals surface area contributed by atoms with Gasteiger partial charge in [-0.3, -0.25) is 9.59 Å². The maximum absolute atomic E-state index is 12.5. The molecule has 2 rings (SSSR count).